The van der Waals surface area contributed by atoms with Crippen LogP contribution in [0.25, 0.3) is 0 Å². The third-order valence-electron chi connectivity index (χ3n) is 2.16. The highest BCUT2D eigenvalue weighted by molar-refractivity contribution is 5.77. The smallest absolute Gasteiger partial charge is 0.132 e. The number of carbonyl (C=O) groups is 1. The topological polar surface area (TPSA) is 17.1 Å². The monoisotopic (exact) mass is 200 g/mol. The summed E-state index contributed by atoms with van der Waals surface area (Å²) in [6, 6.07) is 9.91. The number of unbranched alkanes of at least 4 members (excludes halogenated alkanes) is 1. The lowest BCUT2D eigenvalue weighted by atomic mass is 10.1. The van der Waals surface area contributed by atoms with Crippen molar-refractivity contribution < 1.29 is 4.79 Å². The molecule has 0 aliphatic carbocycles. The molecule has 0 N–H and O–H groups in total. The highest BCUT2D eigenvalue weighted by Crippen LogP contribution is 1.99. The molecule has 0 aliphatic rings. The van der Waals surface area contributed by atoms with Crippen LogP contribution in [0.3, 0.4) is 0 Å². The maximum atomic E-state index is 11.0. The van der Waals surface area contributed by atoms with Crippen LogP contribution < -0.4 is 0 Å². The van der Waals surface area contributed by atoms with E-state index in [0.29, 0.717) is 18.6 Å². The first-order chi connectivity index (χ1) is 7.33. The number of hydrogen-bond acceptors (Lipinski definition) is 1. The number of Topliss-reactive ketones (excluding diaryl/α,β-unsaturated/α-hetero) is 1. The molecule has 1 rings (SSSR count). The Kier molecular flexibility index (Phi) is 5.25. The van der Waals surface area contributed by atoms with Gasteiger partial charge in [0.1, 0.15) is 5.78 Å². The highest BCUT2D eigenvalue weighted by atomic mass is 16.1. The van der Waals surface area contributed by atoms with Gasteiger partial charge in [-0.3, -0.25) is 4.79 Å². The second kappa shape index (κ2) is 6.84. The second-order valence-corrected chi connectivity index (χ2v) is 3.41. The first-order valence-corrected chi connectivity index (χ1v) is 5.38. The zero-order valence-corrected chi connectivity index (χ0v) is 9.12. The quantitative estimate of drug-likeness (QED) is 0.539. The van der Waals surface area contributed by atoms with Gasteiger partial charge in [-0.1, -0.05) is 37.0 Å². The van der Waals surface area contributed by atoms with Crippen LogP contribution in [0.15, 0.2) is 30.3 Å². The van der Waals surface area contributed by atoms with Gasteiger partial charge in [0.05, 0.1) is 0 Å². The fourth-order valence-electron chi connectivity index (χ4n) is 1.24. The third-order valence-corrected chi connectivity index (χ3v) is 2.16. The summed E-state index contributed by atoms with van der Waals surface area (Å²) in [6.07, 6.45) is 3.00. The summed E-state index contributed by atoms with van der Waals surface area (Å²) >= 11 is 0. The van der Waals surface area contributed by atoms with Gasteiger partial charge in [0.2, 0.25) is 0 Å². The fraction of sp³-hybridized carbons (Fsp3) is 0.357. The lowest BCUT2D eigenvalue weighted by molar-refractivity contribution is -0.118. The minimum absolute atomic E-state index is 0.330. The Morgan fingerprint density at radius 1 is 1.27 bits per heavy atom. The molecule has 0 radical (unpaired) electrons. The summed E-state index contributed by atoms with van der Waals surface area (Å²) in [7, 11) is 0. The lowest BCUT2D eigenvalue weighted by Gasteiger charge is -1.92. The molecule has 15 heavy (non-hydrogen) atoms. The normalized spacial score (nSPS) is 9.13. The SMILES string of the molecule is CCC(=O)CCCC#Cc1ccccc1. The molecule has 0 aliphatic heterocycles. The van der Waals surface area contributed by atoms with Crippen LogP contribution in [-0.4, -0.2) is 5.78 Å². The van der Waals surface area contributed by atoms with Gasteiger partial charge in [-0.05, 0) is 18.6 Å². The fourth-order valence-corrected chi connectivity index (χ4v) is 1.24. The molecule has 0 bridgehead atoms. The maximum absolute atomic E-state index is 11.0. The number of rotatable bonds is 4. The molecule has 0 spiro atoms. The largest absolute Gasteiger partial charge is 0.300 e. The van der Waals surface area contributed by atoms with Crippen LogP contribution in [0.4, 0.5) is 0 Å². The van der Waals surface area contributed by atoms with E-state index in [1.165, 1.54) is 0 Å². The van der Waals surface area contributed by atoms with Gasteiger partial charge in [-0.25, -0.2) is 0 Å². The van der Waals surface area contributed by atoms with E-state index in [0.717, 1.165) is 18.4 Å². The molecule has 1 heteroatoms. The number of benzene rings is 1. The molecule has 1 nitrogen and oxygen atoms in total. The first-order valence-electron chi connectivity index (χ1n) is 5.38. The van der Waals surface area contributed by atoms with Crippen LogP contribution >= 0.6 is 0 Å². The van der Waals surface area contributed by atoms with E-state index in [-0.39, 0.29) is 0 Å². The Labute approximate surface area is 91.5 Å². The predicted octanol–water partition coefficient (Wildman–Crippen LogP) is 3.19. The van der Waals surface area contributed by atoms with E-state index in [4.69, 9.17) is 0 Å². The summed E-state index contributed by atoms with van der Waals surface area (Å²) in [5, 5.41) is 0. The number of hydrogen-bond donors (Lipinski definition) is 0. The van der Waals surface area contributed by atoms with Gasteiger partial charge in [0.15, 0.2) is 0 Å². The van der Waals surface area contributed by atoms with E-state index < -0.39 is 0 Å². The Morgan fingerprint density at radius 3 is 2.67 bits per heavy atom. The van der Waals surface area contributed by atoms with E-state index in [2.05, 4.69) is 11.8 Å². The lowest BCUT2D eigenvalue weighted by Crippen LogP contribution is -1.93. The molecule has 0 fully saturated rings. The van der Waals surface area contributed by atoms with E-state index in [9.17, 15) is 4.79 Å². The van der Waals surface area contributed by atoms with E-state index in [1.807, 2.05) is 37.3 Å². The zero-order valence-electron chi connectivity index (χ0n) is 9.12. The van der Waals surface area contributed by atoms with E-state index in [1.54, 1.807) is 0 Å². The van der Waals surface area contributed by atoms with Crippen molar-refractivity contribution in [2.75, 3.05) is 0 Å². The Morgan fingerprint density at radius 2 is 2.00 bits per heavy atom. The van der Waals surface area contributed by atoms with Crippen LogP contribution in [0.1, 0.15) is 38.2 Å². The molecule has 0 unspecified atom stereocenters. The zero-order chi connectivity index (χ0) is 10.9. The summed E-state index contributed by atoms with van der Waals surface area (Å²) in [5.74, 6) is 6.48. The van der Waals surface area contributed by atoms with Crippen molar-refractivity contribution in [1.82, 2.24) is 0 Å². The standard InChI is InChI=1S/C14H16O/c1-2-14(15)12-8-4-7-11-13-9-5-3-6-10-13/h3,5-6,9-10H,2,4,8,12H2,1H3. The first kappa shape index (κ1) is 11.5. The molecular weight excluding hydrogens is 184 g/mol. The second-order valence-electron chi connectivity index (χ2n) is 3.41. The van der Waals surface area contributed by atoms with Gasteiger partial charge < -0.3 is 0 Å². The average Bonchev–Trinajstić information content (AvgIpc) is 2.29. The molecule has 0 heterocycles. The number of ketones is 1. The minimum Gasteiger partial charge on any atom is -0.300 e. The molecule has 0 saturated carbocycles. The Hall–Kier alpha value is -1.55. The van der Waals surface area contributed by atoms with Crippen molar-refractivity contribution in [3.63, 3.8) is 0 Å². The number of carbonyl (C=O) groups excluding carboxylic acids is 1. The minimum atomic E-state index is 0.330. The molecule has 0 saturated heterocycles. The summed E-state index contributed by atoms with van der Waals surface area (Å²) < 4.78 is 0. The molecule has 0 atom stereocenters. The molecular formula is C14H16O. The molecule has 1 aromatic rings. The van der Waals surface area contributed by atoms with Crippen LogP contribution in [-0.2, 0) is 4.79 Å². The van der Waals surface area contributed by atoms with Gasteiger partial charge in [-0.15, -0.1) is 0 Å². The van der Waals surface area contributed by atoms with Crippen molar-refractivity contribution in [2.45, 2.75) is 32.6 Å². The summed E-state index contributed by atoms with van der Waals surface area (Å²) in [4.78, 5) is 11.0. The predicted molar refractivity (Wildman–Crippen MR) is 62.5 cm³/mol. The van der Waals surface area contributed by atoms with Crippen LogP contribution in [0.5, 0.6) is 0 Å². The highest BCUT2D eigenvalue weighted by Gasteiger charge is 1.95. The van der Waals surface area contributed by atoms with Gasteiger partial charge in [0.25, 0.3) is 0 Å². The molecule has 78 valence electrons. The molecule has 1 aromatic carbocycles. The van der Waals surface area contributed by atoms with Crippen LogP contribution in [0.2, 0.25) is 0 Å². The summed E-state index contributed by atoms with van der Waals surface area (Å²) in [6.45, 7) is 1.90. The van der Waals surface area contributed by atoms with Gasteiger partial charge in [-0.2, -0.15) is 0 Å². The van der Waals surface area contributed by atoms with Gasteiger partial charge in [0, 0.05) is 24.8 Å². The molecule has 0 aromatic heterocycles. The van der Waals surface area contributed by atoms with Crippen LogP contribution in [0, 0.1) is 11.8 Å². The van der Waals surface area contributed by atoms with Crippen molar-refractivity contribution >= 4 is 5.78 Å². The van der Waals surface area contributed by atoms with Crippen molar-refractivity contribution in [1.29, 1.82) is 0 Å². The third kappa shape index (κ3) is 5.02. The van der Waals surface area contributed by atoms with Crippen molar-refractivity contribution in [3.8, 4) is 11.8 Å². The maximum Gasteiger partial charge on any atom is 0.132 e. The average molecular weight is 200 g/mol. The molecule has 0 amide bonds. The van der Waals surface area contributed by atoms with E-state index >= 15 is 0 Å². The summed E-state index contributed by atoms with van der Waals surface area (Å²) in [5.41, 5.74) is 1.04. The van der Waals surface area contributed by atoms with Crippen molar-refractivity contribution in [2.24, 2.45) is 0 Å². The Bertz CT molecular complexity index is 354. The van der Waals surface area contributed by atoms with Gasteiger partial charge >= 0.3 is 0 Å². The van der Waals surface area contributed by atoms with Crippen molar-refractivity contribution in [3.05, 3.63) is 35.9 Å². The Balaban J connectivity index is 2.26.